The lowest BCUT2D eigenvalue weighted by Crippen LogP contribution is -2.05. The zero-order valence-electron chi connectivity index (χ0n) is 9.70. The number of hydrogen-bond donors (Lipinski definition) is 0. The van der Waals surface area contributed by atoms with Crippen LogP contribution in [0.3, 0.4) is 0 Å². The Kier molecular flexibility index (Phi) is 4.70. The molecule has 0 saturated carbocycles. The molecule has 0 amide bonds. The van der Waals surface area contributed by atoms with E-state index < -0.39 is 5.97 Å². The standard InChI is InChI=1S/C14H9Cl3O2/c15-11-4-1-9(2-5-11)8-19-14(18)10-3-6-12(16)13(17)7-10/h1-7H,8H2. The van der Waals surface area contributed by atoms with Crippen molar-refractivity contribution >= 4 is 40.8 Å². The molecule has 5 heteroatoms. The second-order valence-corrected chi connectivity index (χ2v) is 5.08. The summed E-state index contributed by atoms with van der Waals surface area (Å²) in [4.78, 5) is 11.8. The molecule has 0 spiro atoms. The van der Waals surface area contributed by atoms with Gasteiger partial charge in [0.05, 0.1) is 15.6 Å². The smallest absolute Gasteiger partial charge is 0.338 e. The Morgan fingerprint density at radius 1 is 0.947 bits per heavy atom. The molecule has 0 heterocycles. The predicted molar refractivity (Wildman–Crippen MR) is 77.0 cm³/mol. The minimum absolute atomic E-state index is 0.177. The van der Waals surface area contributed by atoms with Gasteiger partial charge >= 0.3 is 5.97 Å². The Labute approximate surface area is 125 Å². The third-order valence-electron chi connectivity index (χ3n) is 2.44. The molecule has 2 aromatic rings. The van der Waals surface area contributed by atoms with Gasteiger partial charge in [0.25, 0.3) is 0 Å². The van der Waals surface area contributed by atoms with E-state index in [1.54, 1.807) is 36.4 Å². The van der Waals surface area contributed by atoms with Crippen LogP contribution in [-0.2, 0) is 11.3 Å². The number of ether oxygens (including phenoxy) is 1. The molecule has 19 heavy (non-hydrogen) atoms. The summed E-state index contributed by atoms with van der Waals surface area (Å²) >= 11 is 17.4. The first-order chi connectivity index (χ1) is 9.06. The average molecular weight is 316 g/mol. The maximum atomic E-state index is 11.8. The number of halogens is 3. The molecule has 0 N–H and O–H groups in total. The van der Waals surface area contributed by atoms with E-state index in [9.17, 15) is 4.79 Å². The molecule has 0 aliphatic heterocycles. The normalized spacial score (nSPS) is 10.3. The molecule has 0 atom stereocenters. The summed E-state index contributed by atoms with van der Waals surface area (Å²) in [5.74, 6) is -0.450. The molecule has 0 bridgehead atoms. The summed E-state index contributed by atoms with van der Waals surface area (Å²) < 4.78 is 5.17. The number of hydrogen-bond acceptors (Lipinski definition) is 2. The molecule has 0 aliphatic rings. The van der Waals surface area contributed by atoms with Crippen LogP contribution in [0.1, 0.15) is 15.9 Å². The first-order valence-corrected chi connectivity index (χ1v) is 6.56. The average Bonchev–Trinajstić information content (AvgIpc) is 2.41. The van der Waals surface area contributed by atoms with E-state index in [1.165, 1.54) is 6.07 Å². The Bertz CT molecular complexity index is 594. The molecular weight excluding hydrogens is 307 g/mol. The number of benzene rings is 2. The summed E-state index contributed by atoms with van der Waals surface area (Å²) in [5, 5.41) is 1.36. The molecule has 0 radical (unpaired) electrons. The molecule has 0 unspecified atom stereocenters. The van der Waals surface area contributed by atoms with Crippen LogP contribution in [0.2, 0.25) is 15.1 Å². The highest BCUT2D eigenvalue weighted by Crippen LogP contribution is 2.23. The molecule has 2 aromatic carbocycles. The molecule has 2 rings (SSSR count). The van der Waals surface area contributed by atoms with E-state index in [4.69, 9.17) is 39.5 Å². The Morgan fingerprint density at radius 3 is 2.26 bits per heavy atom. The quantitative estimate of drug-likeness (QED) is 0.745. The minimum atomic E-state index is -0.450. The molecule has 0 fully saturated rings. The Morgan fingerprint density at radius 2 is 1.63 bits per heavy atom. The highest BCUT2D eigenvalue weighted by Gasteiger charge is 2.09. The summed E-state index contributed by atoms with van der Waals surface area (Å²) in [6, 6.07) is 11.7. The fourth-order valence-corrected chi connectivity index (χ4v) is 1.86. The van der Waals surface area contributed by atoms with Crippen LogP contribution in [0.5, 0.6) is 0 Å². The van der Waals surface area contributed by atoms with Crippen molar-refractivity contribution < 1.29 is 9.53 Å². The van der Waals surface area contributed by atoms with E-state index in [0.29, 0.717) is 20.6 Å². The topological polar surface area (TPSA) is 26.3 Å². The molecule has 0 aromatic heterocycles. The monoisotopic (exact) mass is 314 g/mol. The van der Waals surface area contributed by atoms with Crippen molar-refractivity contribution in [3.8, 4) is 0 Å². The van der Waals surface area contributed by atoms with Crippen molar-refractivity contribution in [3.63, 3.8) is 0 Å². The molecular formula is C14H9Cl3O2. The SMILES string of the molecule is O=C(OCc1ccc(Cl)cc1)c1ccc(Cl)c(Cl)c1. The summed E-state index contributed by atoms with van der Waals surface area (Å²) in [6.45, 7) is 0.177. The lowest BCUT2D eigenvalue weighted by Gasteiger charge is -2.06. The molecule has 2 nitrogen and oxygen atoms in total. The minimum Gasteiger partial charge on any atom is -0.457 e. The highest BCUT2D eigenvalue weighted by molar-refractivity contribution is 6.42. The van der Waals surface area contributed by atoms with Crippen molar-refractivity contribution in [2.75, 3.05) is 0 Å². The first kappa shape index (κ1) is 14.2. The number of carbonyl (C=O) groups excluding carboxylic acids is 1. The van der Waals surface area contributed by atoms with Gasteiger partial charge in [0.1, 0.15) is 6.61 Å². The fourth-order valence-electron chi connectivity index (χ4n) is 1.44. The van der Waals surface area contributed by atoms with Crippen LogP contribution >= 0.6 is 34.8 Å². The zero-order chi connectivity index (χ0) is 13.8. The lowest BCUT2D eigenvalue weighted by molar-refractivity contribution is 0.0473. The van der Waals surface area contributed by atoms with E-state index >= 15 is 0 Å². The van der Waals surface area contributed by atoms with Crippen LogP contribution in [0.25, 0.3) is 0 Å². The third-order valence-corrected chi connectivity index (χ3v) is 3.43. The van der Waals surface area contributed by atoms with Gasteiger partial charge in [0.2, 0.25) is 0 Å². The van der Waals surface area contributed by atoms with Crippen LogP contribution < -0.4 is 0 Å². The van der Waals surface area contributed by atoms with E-state index in [1.807, 2.05) is 0 Å². The van der Waals surface area contributed by atoms with Crippen LogP contribution in [0, 0.1) is 0 Å². The van der Waals surface area contributed by atoms with Gasteiger partial charge < -0.3 is 4.74 Å². The Balaban J connectivity index is 2.01. The van der Waals surface area contributed by atoms with Crippen LogP contribution in [-0.4, -0.2) is 5.97 Å². The van der Waals surface area contributed by atoms with Crippen molar-refractivity contribution in [1.29, 1.82) is 0 Å². The Hall–Kier alpha value is -1.22. The summed E-state index contributed by atoms with van der Waals surface area (Å²) in [7, 11) is 0. The van der Waals surface area contributed by atoms with Gasteiger partial charge in [-0.05, 0) is 35.9 Å². The maximum Gasteiger partial charge on any atom is 0.338 e. The van der Waals surface area contributed by atoms with Gasteiger partial charge in [-0.3, -0.25) is 0 Å². The number of rotatable bonds is 3. The van der Waals surface area contributed by atoms with Gasteiger partial charge in [-0.15, -0.1) is 0 Å². The van der Waals surface area contributed by atoms with Gasteiger partial charge in [0.15, 0.2) is 0 Å². The van der Waals surface area contributed by atoms with Crippen LogP contribution in [0.15, 0.2) is 42.5 Å². The third kappa shape index (κ3) is 3.87. The zero-order valence-corrected chi connectivity index (χ0v) is 12.0. The fraction of sp³-hybridized carbons (Fsp3) is 0.0714. The largest absolute Gasteiger partial charge is 0.457 e. The van der Waals surface area contributed by atoms with Crippen LogP contribution in [0.4, 0.5) is 0 Å². The summed E-state index contributed by atoms with van der Waals surface area (Å²) in [6.07, 6.45) is 0. The maximum absolute atomic E-state index is 11.8. The second kappa shape index (κ2) is 6.29. The van der Waals surface area contributed by atoms with Gasteiger partial charge in [-0.25, -0.2) is 4.79 Å². The van der Waals surface area contributed by atoms with Gasteiger partial charge in [-0.2, -0.15) is 0 Å². The predicted octanol–water partition coefficient (Wildman–Crippen LogP) is 5.00. The van der Waals surface area contributed by atoms with E-state index in [-0.39, 0.29) is 6.61 Å². The second-order valence-electron chi connectivity index (χ2n) is 3.83. The van der Waals surface area contributed by atoms with Crippen molar-refractivity contribution in [2.24, 2.45) is 0 Å². The molecule has 98 valence electrons. The van der Waals surface area contributed by atoms with Crippen molar-refractivity contribution in [3.05, 3.63) is 68.7 Å². The van der Waals surface area contributed by atoms with E-state index in [0.717, 1.165) is 5.56 Å². The number of carbonyl (C=O) groups is 1. The summed E-state index contributed by atoms with van der Waals surface area (Å²) in [5.41, 5.74) is 1.22. The number of esters is 1. The lowest BCUT2D eigenvalue weighted by atomic mass is 10.2. The molecule has 0 saturated heterocycles. The van der Waals surface area contributed by atoms with Gasteiger partial charge in [-0.1, -0.05) is 46.9 Å². The van der Waals surface area contributed by atoms with Crippen molar-refractivity contribution in [1.82, 2.24) is 0 Å². The van der Waals surface area contributed by atoms with Crippen molar-refractivity contribution in [2.45, 2.75) is 6.61 Å². The van der Waals surface area contributed by atoms with Gasteiger partial charge in [0, 0.05) is 5.02 Å². The molecule has 0 aliphatic carbocycles. The first-order valence-electron chi connectivity index (χ1n) is 5.43. The highest BCUT2D eigenvalue weighted by atomic mass is 35.5. The van der Waals surface area contributed by atoms with E-state index in [2.05, 4.69) is 0 Å².